The molecule has 5 heteroatoms. The zero-order chi connectivity index (χ0) is 15.9. The predicted molar refractivity (Wildman–Crippen MR) is 86.6 cm³/mol. The van der Waals surface area contributed by atoms with Gasteiger partial charge in [-0.2, -0.15) is 0 Å². The molecule has 120 valence electrons. The van der Waals surface area contributed by atoms with Gasteiger partial charge in [0.15, 0.2) is 0 Å². The van der Waals surface area contributed by atoms with Crippen molar-refractivity contribution in [2.45, 2.75) is 13.8 Å². The number of rotatable bonds is 5. The van der Waals surface area contributed by atoms with Crippen LogP contribution in [0, 0.1) is 5.92 Å². The minimum absolute atomic E-state index is 0.0662. The summed E-state index contributed by atoms with van der Waals surface area (Å²) < 4.78 is 0. The van der Waals surface area contributed by atoms with E-state index in [2.05, 4.69) is 24.1 Å². The molecule has 1 heterocycles. The molecule has 1 aromatic rings. The molecule has 5 nitrogen and oxygen atoms in total. The third kappa shape index (κ3) is 4.84. The summed E-state index contributed by atoms with van der Waals surface area (Å²) in [5.74, 6) is 0.602. The summed E-state index contributed by atoms with van der Waals surface area (Å²) in [7, 11) is 0. The maximum absolute atomic E-state index is 12.3. The maximum Gasteiger partial charge on any atom is 0.253 e. The minimum Gasteiger partial charge on any atom is -0.355 e. The fraction of sp³-hybridized carbons (Fsp3) is 0.529. The lowest BCUT2D eigenvalue weighted by Crippen LogP contribution is -2.51. The lowest BCUT2D eigenvalue weighted by Gasteiger charge is -2.34. The van der Waals surface area contributed by atoms with Crippen molar-refractivity contribution in [1.82, 2.24) is 15.1 Å². The summed E-state index contributed by atoms with van der Waals surface area (Å²) in [5.41, 5.74) is 0.727. The van der Waals surface area contributed by atoms with Gasteiger partial charge in [0.05, 0.1) is 6.54 Å². The highest BCUT2D eigenvalue weighted by Crippen LogP contribution is 2.08. The Morgan fingerprint density at radius 3 is 2.32 bits per heavy atom. The van der Waals surface area contributed by atoms with E-state index in [9.17, 15) is 9.59 Å². The molecule has 0 saturated carbocycles. The number of benzene rings is 1. The Labute approximate surface area is 132 Å². The van der Waals surface area contributed by atoms with Crippen LogP contribution < -0.4 is 5.32 Å². The molecule has 0 bridgehead atoms. The van der Waals surface area contributed by atoms with Crippen LogP contribution in [-0.2, 0) is 4.79 Å². The van der Waals surface area contributed by atoms with Crippen LogP contribution in [0.4, 0.5) is 0 Å². The Morgan fingerprint density at radius 2 is 1.73 bits per heavy atom. The van der Waals surface area contributed by atoms with E-state index < -0.39 is 0 Å². The van der Waals surface area contributed by atoms with Gasteiger partial charge in [0.1, 0.15) is 0 Å². The molecular weight excluding hydrogens is 278 g/mol. The molecule has 22 heavy (non-hydrogen) atoms. The Kier molecular flexibility index (Phi) is 5.95. The molecule has 0 spiro atoms. The first-order valence-electron chi connectivity index (χ1n) is 7.89. The highest BCUT2D eigenvalue weighted by atomic mass is 16.2. The van der Waals surface area contributed by atoms with Crippen LogP contribution in [0.2, 0.25) is 0 Å². The Hall–Kier alpha value is -1.88. The fourth-order valence-electron chi connectivity index (χ4n) is 2.45. The molecule has 0 unspecified atom stereocenters. The molecule has 1 saturated heterocycles. The van der Waals surface area contributed by atoms with Gasteiger partial charge in [0.25, 0.3) is 5.91 Å². The molecule has 1 aliphatic heterocycles. The van der Waals surface area contributed by atoms with Gasteiger partial charge in [-0.15, -0.1) is 0 Å². The summed E-state index contributed by atoms with van der Waals surface area (Å²) in [4.78, 5) is 28.1. The van der Waals surface area contributed by atoms with E-state index in [1.54, 1.807) is 0 Å². The molecule has 0 aromatic heterocycles. The van der Waals surface area contributed by atoms with Gasteiger partial charge in [0.2, 0.25) is 5.91 Å². The molecule has 0 radical (unpaired) electrons. The van der Waals surface area contributed by atoms with E-state index in [0.29, 0.717) is 32.1 Å². The van der Waals surface area contributed by atoms with Gasteiger partial charge in [-0.1, -0.05) is 32.0 Å². The topological polar surface area (TPSA) is 52.7 Å². The molecular formula is C17H25N3O2. The Morgan fingerprint density at radius 1 is 1.09 bits per heavy atom. The summed E-state index contributed by atoms with van der Waals surface area (Å²) in [6.07, 6.45) is 0. The second-order valence-electron chi connectivity index (χ2n) is 6.13. The van der Waals surface area contributed by atoms with E-state index in [0.717, 1.165) is 18.7 Å². The standard InChI is InChI=1S/C17H25N3O2/c1-14(2)12-18-16(21)13-19-8-10-20(11-9-19)17(22)15-6-4-3-5-7-15/h3-7,14H,8-13H2,1-2H3,(H,18,21). The lowest BCUT2D eigenvalue weighted by molar-refractivity contribution is -0.122. The van der Waals surface area contributed by atoms with Crippen molar-refractivity contribution in [3.05, 3.63) is 35.9 Å². The second kappa shape index (κ2) is 7.94. The van der Waals surface area contributed by atoms with E-state index >= 15 is 0 Å². The first kappa shape index (κ1) is 16.5. The van der Waals surface area contributed by atoms with Crippen LogP contribution >= 0.6 is 0 Å². The molecule has 0 aliphatic carbocycles. The molecule has 1 aromatic carbocycles. The summed E-state index contributed by atoms with van der Waals surface area (Å²) >= 11 is 0. The van der Waals surface area contributed by atoms with Gasteiger partial charge >= 0.3 is 0 Å². The molecule has 1 aliphatic rings. The lowest BCUT2D eigenvalue weighted by atomic mass is 10.2. The van der Waals surface area contributed by atoms with E-state index in [-0.39, 0.29) is 11.8 Å². The molecule has 1 fully saturated rings. The summed E-state index contributed by atoms with van der Waals surface area (Å²) in [5, 5.41) is 2.93. The van der Waals surface area contributed by atoms with Crippen molar-refractivity contribution >= 4 is 11.8 Å². The van der Waals surface area contributed by atoms with Gasteiger partial charge < -0.3 is 10.2 Å². The Bertz CT molecular complexity index is 494. The number of hydrogen-bond acceptors (Lipinski definition) is 3. The fourth-order valence-corrected chi connectivity index (χ4v) is 2.45. The van der Waals surface area contributed by atoms with Crippen molar-refractivity contribution in [1.29, 1.82) is 0 Å². The molecule has 2 amide bonds. The van der Waals surface area contributed by atoms with E-state index in [1.165, 1.54) is 0 Å². The van der Waals surface area contributed by atoms with Gasteiger partial charge in [-0.3, -0.25) is 14.5 Å². The minimum atomic E-state index is 0.0662. The average molecular weight is 303 g/mol. The number of carbonyl (C=O) groups is 2. The van der Waals surface area contributed by atoms with Gasteiger partial charge in [-0.25, -0.2) is 0 Å². The monoisotopic (exact) mass is 303 g/mol. The van der Waals surface area contributed by atoms with Crippen molar-refractivity contribution < 1.29 is 9.59 Å². The van der Waals surface area contributed by atoms with Crippen molar-refractivity contribution in [2.24, 2.45) is 5.92 Å². The van der Waals surface area contributed by atoms with Crippen molar-refractivity contribution in [3.63, 3.8) is 0 Å². The number of nitrogens with zero attached hydrogens (tertiary/aromatic N) is 2. The van der Waals surface area contributed by atoms with Crippen LogP contribution in [0.5, 0.6) is 0 Å². The highest BCUT2D eigenvalue weighted by molar-refractivity contribution is 5.94. The first-order valence-corrected chi connectivity index (χ1v) is 7.89. The zero-order valence-corrected chi connectivity index (χ0v) is 13.4. The van der Waals surface area contributed by atoms with E-state index in [1.807, 2.05) is 35.2 Å². The van der Waals surface area contributed by atoms with Crippen molar-refractivity contribution in [3.8, 4) is 0 Å². The first-order chi connectivity index (χ1) is 10.6. The number of carbonyl (C=O) groups excluding carboxylic acids is 2. The second-order valence-corrected chi connectivity index (χ2v) is 6.13. The molecule has 0 atom stereocenters. The van der Waals surface area contributed by atoms with Crippen molar-refractivity contribution in [2.75, 3.05) is 39.3 Å². The largest absolute Gasteiger partial charge is 0.355 e. The normalized spacial score (nSPS) is 15.9. The van der Waals surface area contributed by atoms with Crippen LogP contribution in [0.3, 0.4) is 0 Å². The molecule has 2 rings (SSSR count). The van der Waals surface area contributed by atoms with Gasteiger partial charge in [0, 0.05) is 38.3 Å². The smallest absolute Gasteiger partial charge is 0.253 e. The third-order valence-corrected chi connectivity index (χ3v) is 3.75. The SMILES string of the molecule is CC(C)CNC(=O)CN1CCN(C(=O)c2ccccc2)CC1. The van der Waals surface area contributed by atoms with Crippen LogP contribution in [0.1, 0.15) is 24.2 Å². The quantitative estimate of drug-likeness (QED) is 0.890. The number of nitrogens with one attached hydrogen (secondary N) is 1. The number of amides is 2. The Balaban J connectivity index is 1.76. The zero-order valence-electron chi connectivity index (χ0n) is 13.4. The summed E-state index contributed by atoms with van der Waals surface area (Å²) in [6.45, 7) is 8.12. The maximum atomic E-state index is 12.3. The predicted octanol–water partition coefficient (Wildman–Crippen LogP) is 1.22. The average Bonchev–Trinajstić information content (AvgIpc) is 2.54. The molecule has 1 N–H and O–H groups in total. The van der Waals surface area contributed by atoms with Gasteiger partial charge in [-0.05, 0) is 18.1 Å². The van der Waals surface area contributed by atoms with Crippen LogP contribution in [0.25, 0.3) is 0 Å². The summed E-state index contributed by atoms with van der Waals surface area (Å²) in [6, 6.07) is 9.34. The van der Waals surface area contributed by atoms with Crippen LogP contribution in [-0.4, -0.2) is 60.9 Å². The van der Waals surface area contributed by atoms with Crippen LogP contribution in [0.15, 0.2) is 30.3 Å². The number of piperazine rings is 1. The third-order valence-electron chi connectivity index (χ3n) is 3.75. The number of hydrogen-bond donors (Lipinski definition) is 1. The highest BCUT2D eigenvalue weighted by Gasteiger charge is 2.23. The van der Waals surface area contributed by atoms with E-state index in [4.69, 9.17) is 0 Å².